The molecule has 0 aliphatic heterocycles. The number of esters is 3. The first kappa shape index (κ1) is 73.1. The molecule has 0 aromatic carbocycles. The summed E-state index contributed by atoms with van der Waals surface area (Å²) in [4.78, 5) is 38.0. The molecule has 0 aromatic rings. The van der Waals surface area contributed by atoms with Crippen molar-refractivity contribution in [3.63, 3.8) is 0 Å². The van der Waals surface area contributed by atoms with Crippen molar-refractivity contribution in [3.05, 3.63) is 60.8 Å². The van der Waals surface area contributed by atoms with Crippen LogP contribution in [0.4, 0.5) is 0 Å². The van der Waals surface area contributed by atoms with Gasteiger partial charge in [-0.2, -0.15) is 0 Å². The van der Waals surface area contributed by atoms with Crippen molar-refractivity contribution in [2.75, 3.05) is 13.2 Å². The van der Waals surface area contributed by atoms with Crippen molar-refractivity contribution in [3.8, 4) is 0 Å². The average molecular weight is 1060 g/mol. The summed E-state index contributed by atoms with van der Waals surface area (Å²) in [6, 6.07) is 0. The standard InChI is InChI=1S/C70H126O6/c1-4-7-10-13-16-19-22-24-25-26-27-28-29-30-31-32-33-34-35-36-37-38-39-40-41-42-43-44-45-47-48-51-54-57-60-63-69(72)75-66-67(65-74-68(71)62-59-56-53-50-21-18-15-12-9-6-3)76-70(73)64-61-58-55-52-49-46-23-20-17-14-11-8-5-2/h8,11,17,20,26-27,46,49,55,58,67H,4-7,9-10,12-16,18-19,21-25,28-45,47-48,50-54,56-57,59-66H2,1-3H3/b11-8-,20-17-,27-26-,49-46-,58-55-. The minimum Gasteiger partial charge on any atom is -0.462 e. The molecule has 0 aliphatic carbocycles. The Morgan fingerprint density at radius 3 is 0.855 bits per heavy atom. The maximum absolute atomic E-state index is 12.8. The molecule has 0 aliphatic rings. The van der Waals surface area contributed by atoms with Gasteiger partial charge in [0.2, 0.25) is 0 Å². The van der Waals surface area contributed by atoms with Crippen LogP contribution in [0.25, 0.3) is 0 Å². The van der Waals surface area contributed by atoms with Gasteiger partial charge in [-0.15, -0.1) is 0 Å². The molecule has 442 valence electrons. The summed E-state index contributed by atoms with van der Waals surface area (Å²) in [7, 11) is 0. The van der Waals surface area contributed by atoms with Gasteiger partial charge in [-0.1, -0.05) is 319 Å². The third kappa shape index (κ3) is 62.0. The minimum atomic E-state index is -0.808. The van der Waals surface area contributed by atoms with E-state index in [-0.39, 0.29) is 37.5 Å². The predicted octanol–water partition coefficient (Wildman–Crippen LogP) is 22.7. The van der Waals surface area contributed by atoms with E-state index in [1.54, 1.807) is 0 Å². The summed E-state index contributed by atoms with van der Waals surface area (Å²) in [6.07, 6.45) is 83.0. The van der Waals surface area contributed by atoms with Crippen molar-refractivity contribution in [2.24, 2.45) is 0 Å². The summed E-state index contributed by atoms with van der Waals surface area (Å²) in [6.45, 7) is 6.48. The fourth-order valence-electron chi connectivity index (χ4n) is 9.81. The largest absolute Gasteiger partial charge is 0.462 e. The highest BCUT2D eigenvalue weighted by Crippen LogP contribution is 2.18. The number of rotatable bonds is 61. The van der Waals surface area contributed by atoms with Crippen LogP contribution < -0.4 is 0 Å². The van der Waals surface area contributed by atoms with E-state index in [2.05, 4.69) is 75.5 Å². The van der Waals surface area contributed by atoms with Crippen LogP contribution in [0.15, 0.2) is 60.8 Å². The Labute approximate surface area is 472 Å². The summed E-state index contributed by atoms with van der Waals surface area (Å²) in [5, 5.41) is 0. The molecule has 0 saturated heterocycles. The van der Waals surface area contributed by atoms with Crippen LogP contribution in [0.3, 0.4) is 0 Å². The van der Waals surface area contributed by atoms with Gasteiger partial charge in [0.1, 0.15) is 13.2 Å². The van der Waals surface area contributed by atoms with E-state index in [0.717, 1.165) is 64.2 Å². The van der Waals surface area contributed by atoms with Gasteiger partial charge in [-0.3, -0.25) is 14.4 Å². The van der Waals surface area contributed by atoms with E-state index >= 15 is 0 Å². The Bertz CT molecular complexity index is 1360. The van der Waals surface area contributed by atoms with Crippen molar-refractivity contribution in [1.82, 2.24) is 0 Å². The molecule has 0 N–H and O–H groups in total. The molecule has 76 heavy (non-hydrogen) atoms. The van der Waals surface area contributed by atoms with E-state index in [1.807, 2.05) is 6.08 Å². The van der Waals surface area contributed by atoms with Crippen molar-refractivity contribution in [2.45, 2.75) is 354 Å². The topological polar surface area (TPSA) is 78.9 Å². The summed E-state index contributed by atoms with van der Waals surface area (Å²) < 4.78 is 16.8. The number of unbranched alkanes of at least 4 members (excludes halogenated alkanes) is 40. The molecule has 0 saturated carbocycles. The van der Waals surface area contributed by atoms with E-state index in [0.29, 0.717) is 19.3 Å². The van der Waals surface area contributed by atoms with Gasteiger partial charge in [0.15, 0.2) is 6.10 Å². The molecule has 0 rings (SSSR count). The quantitative estimate of drug-likeness (QED) is 0.0261. The highest BCUT2D eigenvalue weighted by atomic mass is 16.6. The number of hydrogen-bond donors (Lipinski definition) is 0. The third-order valence-electron chi connectivity index (χ3n) is 14.8. The monoisotopic (exact) mass is 1060 g/mol. The Morgan fingerprint density at radius 1 is 0.276 bits per heavy atom. The number of carbonyl (C=O) groups is 3. The average Bonchev–Trinajstić information content (AvgIpc) is 3.42. The molecule has 0 radical (unpaired) electrons. The lowest BCUT2D eigenvalue weighted by Crippen LogP contribution is -2.30. The highest BCUT2D eigenvalue weighted by molar-refractivity contribution is 5.71. The lowest BCUT2D eigenvalue weighted by atomic mass is 10.0. The van der Waals surface area contributed by atoms with E-state index in [9.17, 15) is 14.4 Å². The molecular formula is C70H126O6. The van der Waals surface area contributed by atoms with Gasteiger partial charge in [0.25, 0.3) is 0 Å². The first-order valence-electron chi connectivity index (χ1n) is 33.3. The lowest BCUT2D eigenvalue weighted by molar-refractivity contribution is -0.166. The van der Waals surface area contributed by atoms with Crippen LogP contribution in [0, 0.1) is 0 Å². The van der Waals surface area contributed by atoms with Crippen LogP contribution in [-0.2, 0) is 28.6 Å². The van der Waals surface area contributed by atoms with Crippen LogP contribution >= 0.6 is 0 Å². The Balaban J connectivity index is 4.00. The Hall–Kier alpha value is -2.89. The SMILES string of the molecule is CC/C=C\C/C=C\C/C=C\C/C=C\CCC(=O)OC(COC(=O)CCCCCCCCCCCC)COC(=O)CCCCCCCCCCCCCCCCCCCCCCCCC/C=C\CCCCCCCCCC. The first-order valence-corrected chi connectivity index (χ1v) is 33.3. The second kappa shape index (κ2) is 64.6. The molecular weight excluding hydrogens is 937 g/mol. The van der Waals surface area contributed by atoms with Gasteiger partial charge in [0.05, 0.1) is 0 Å². The molecule has 6 nitrogen and oxygen atoms in total. The lowest BCUT2D eigenvalue weighted by Gasteiger charge is -2.18. The zero-order valence-electron chi connectivity index (χ0n) is 50.8. The molecule has 0 fully saturated rings. The second-order valence-electron chi connectivity index (χ2n) is 22.4. The van der Waals surface area contributed by atoms with Crippen LogP contribution in [-0.4, -0.2) is 37.2 Å². The van der Waals surface area contributed by atoms with Gasteiger partial charge >= 0.3 is 17.9 Å². The van der Waals surface area contributed by atoms with E-state index < -0.39 is 6.10 Å². The smallest absolute Gasteiger partial charge is 0.306 e. The van der Waals surface area contributed by atoms with Crippen LogP contribution in [0.5, 0.6) is 0 Å². The predicted molar refractivity (Wildman–Crippen MR) is 330 cm³/mol. The number of hydrogen-bond acceptors (Lipinski definition) is 6. The third-order valence-corrected chi connectivity index (χ3v) is 14.8. The minimum absolute atomic E-state index is 0.0986. The molecule has 0 bridgehead atoms. The Morgan fingerprint density at radius 2 is 0.539 bits per heavy atom. The second-order valence-corrected chi connectivity index (χ2v) is 22.4. The molecule has 1 unspecified atom stereocenters. The van der Waals surface area contributed by atoms with Crippen LogP contribution in [0.2, 0.25) is 0 Å². The summed E-state index contributed by atoms with van der Waals surface area (Å²) in [5.41, 5.74) is 0. The Kier molecular flexibility index (Phi) is 62.2. The fourth-order valence-corrected chi connectivity index (χ4v) is 9.81. The number of allylic oxidation sites excluding steroid dienone is 10. The van der Waals surface area contributed by atoms with Gasteiger partial charge in [-0.05, 0) is 70.6 Å². The van der Waals surface area contributed by atoms with Crippen molar-refractivity contribution < 1.29 is 28.6 Å². The fraction of sp³-hybridized carbons (Fsp3) is 0.814. The van der Waals surface area contributed by atoms with Crippen molar-refractivity contribution in [1.29, 1.82) is 0 Å². The van der Waals surface area contributed by atoms with Gasteiger partial charge in [-0.25, -0.2) is 0 Å². The van der Waals surface area contributed by atoms with Crippen LogP contribution in [0.1, 0.15) is 348 Å². The molecule has 6 heteroatoms. The highest BCUT2D eigenvalue weighted by Gasteiger charge is 2.19. The summed E-state index contributed by atoms with van der Waals surface area (Å²) >= 11 is 0. The van der Waals surface area contributed by atoms with E-state index in [1.165, 1.54) is 238 Å². The van der Waals surface area contributed by atoms with Gasteiger partial charge < -0.3 is 14.2 Å². The molecule has 0 spiro atoms. The van der Waals surface area contributed by atoms with E-state index in [4.69, 9.17) is 14.2 Å². The molecule has 0 amide bonds. The zero-order valence-corrected chi connectivity index (χ0v) is 50.8. The van der Waals surface area contributed by atoms with Crippen molar-refractivity contribution >= 4 is 17.9 Å². The number of ether oxygens (including phenoxy) is 3. The first-order chi connectivity index (χ1) is 37.5. The summed E-state index contributed by atoms with van der Waals surface area (Å²) in [5.74, 6) is -0.968. The number of carbonyl (C=O) groups excluding carboxylic acids is 3. The molecule has 1 atom stereocenters. The normalized spacial score (nSPS) is 12.4. The van der Waals surface area contributed by atoms with Gasteiger partial charge in [0, 0.05) is 19.3 Å². The maximum atomic E-state index is 12.8. The zero-order chi connectivity index (χ0) is 55.0. The molecule has 0 heterocycles. The molecule has 0 aromatic heterocycles. The maximum Gasteiger partial charge on any atom is 0.306 e.